The van der Waals surface area contributed by atoms with Crippen molar-refractivity contribution in [1.29, 1.82) is 0 Å². The summed E-state index contributed by atoms with van der Waals surface area (Å²) < 4.78 is 5.16. The molecular weight excluding hydrogens is 222 g/mol. The van der Waals surface area contributed by atoms with Crippen LogP contribution in [0.2, 0.25) is 0 Å². The van der Waals surface area contributed by atoms with Crippen molar-refractivity contribution in [3.8, 4) is 0 Å². The number of ether oxygens (including phenoxy) is 1. The fraction of sp³-hybridized carbons (Fsp3) is 0.833. The van der Waals surface area contributed by atoms with Crippen molar-refractivity contribution in [1.82, 2.24) is 5.06 Å². The summed E-state index contributed by atoms with van der Waals surface area (Å²) in [5, 5.41) is 1.17. The van der Waals surface area contributed by atoms with E-state index in [4.69, 9.17) is 9.57 Å². The van der Waals surface area contributed by atoms with Crippen LogP contribution < -0.4 is 0 Å². The lowest BCUT2D eigenvalue weighted by molar-refractivity contribution is -0.313. The van der Waals surface area contributed by atoms with Crippen molar-refractivity contribution < 1.29 is 19.2 Å². The SMILES string of the molecule is CC(C)(C)ON(C=O)C1(OC=O)CCCCC1. The van der Waals surface area contributed by atoms with Gasteiger partial charge in [0.2, 0.25) is 12.1 Å². The maximum absolute atomic E-state index is 11.2. The highest BCUT2D eigenvalue weighted by molar-refractivity contribution is 5.48. The van der Waals surface area contributed by atoms with E-state index in [0.29, 0.717) is 25.7 Å². The molecule has 5 nitrogen and oxygen atoms in total. The maximum Gasteiger partial charge on any atom is 0.295 e. The molecule has 0 heterocycles. The lowest BCUT2D eigenvalue weighted by Crippen LogP contribution is -2.53. The molecule has 0 radical (unpaired) electrons. The summed E-state index contributed by atoms with van der Waals surface area (Å²) in [6.07, 6.45) is 4.78. The molecule has 0 atom stereocenters. The van der Waals surface area contributed by atoms with Gasteiger partial charge in [-0.05, 0) is 33.6 Å². The molecule has 0 aromatic carbocycles. The Morgan fingerprint density at radius 2 is 1.71 bits per heavy atom. The number of nitrogens with zero attached hydrogens (tertiary/aromatic N) is 1. The molecule has 1 fully saturated rings. The van der Waals surface area contributed by atoms with Crippen LogP contribution in [0.4, 0.5) is 0 Å². The summed E-state index contributed by atoms with van der Waals surface area (Å²) in [4.78, 5) is 27.4. The van der Waals surface area contributed by atoms with Gasteiger partial charge in [-0.15, -0.1) is 0 Å². The summed E-state index contributed by atoms with van der Waals surface area (Å²) in [5.74, 6) is 0. The topological polar surface area (TPSA) is 55.8 Å². The third-order valence-corrected chi connectivity index (χ3v) is 2.77. The van der Waals surface area contributed by atoms with Crippen LogP contribution in [0.5, 0.6) is 0 Å². The number of hydrogen-bond donors (Lipinski definition) is 0. The van der Waals surface area contributed by atoms with Gasteiger partial charge in [0.25, 0.3) is 6.47 Å². The van der Waals surface area contributed by atoms with Gasteiger partial charge in [0.05, 0.1) is 5.60 Å². The number of hydrogen-bond acceptors (Lipinski definition) is 4. The number of carbonyl (C=O) groups is 2. The molecule has 98 valence electrons. The number of hydroxylamine groups is 2. The molecule has 5 heteroatoms. The highest BCUT2D eigenvalue weighted by Gasteiger charge is 2.42. The van der Waals surface area contributed by atoms with E-state index in [1.165, 1.54) is 5.06 Å². The van der Waals surface area contributed by atoms with E-state index in [9.17, 15) is 9.59 Å². The number of rotatable bonds is 5. The molecule has 0 aromatic heterocycles. The van der Waals surface area contributed by atoms with Gasteiger partial charge in [0.15, 0.2) is 0 Å². The quantitative estimate of drug-likeness (QED) is 0.421. The van der Waals surface area contributed by atoms with Crippen molar-refractivity contribution >= 4 is 12.9 Å². The van der Waals surface area contributed by atoms with Crippen molar-refractivity contribution in [3.05, 3.63) is 0 Å². The summed E-state index contributed by atoms with van der Waals surface area (Å²) in [6.45, 7) is 5.94. The predicted octanol–water partition coefficient (Wildman–Crippen LogP) is 2.01. The highest BCUT2D eigenvalue weighted by atomic mass is 16.7. The standard InChI is InChI=1S/C12H21NO4/c1-11(2,3)17-13(9-14)12(16-10-15)7-5-4-6-8-12/h9-10H,4-8H2,1-3H3. The zero-order valence-corrected chi connectivity index (χ0v) is 10.8. The molecule has 17 heavy (non-hydrogen) atoms. The van der Waals surface area contributed by atoms with Crippen LogP contribution in [0.25, 0.3) is 0 Å². The Labute approximate surface area is 102 Å². The van der Waals surface area contributed by atoms with Gasteiger partial charge in [-0.1, -0.05) is 6.42 Å². The normalized spacial score (nSPS) is 19.5. The second-order valence-electron chi connectivity index (χ2n) is 5.36. The minimum atomic E-state index is -0.922. The Kier molecular flexibility index (Phi) is 4.51. The first-order chi connectivity index (χ1) is 7.93. The molecule has 0 aliphatic heterocycles. The lowest BCUT2D eigenvalue weighted by Gasteiger charge is -2.43. The van der Waals surface area contributed by atoms with Crippen LogP contribution in [-0.2, 0) is 19.2 Å². The maximum atomic E-state index is 11.2. The van der Waals surface area contributed by atoms with Crippen LogP contribution in [0.15, 0.2) is 0 Å². The van der Waals surface area contributed by atoms with E-state index >= 15 is 0 Å². The zero-order chi connectivity index (χ0) is 12.9. The van der Waals surface area contributed by atoms with E-state index in [-0.39, 0.29) is 0 Å². The monoisotopic (exact) mass is 243 g/mol. The van der Waals surface area contributed by atoms with Crippen LogP contribution in [0.3, 0.4) is 0 Å². The van der Waals surface area contributed by atoms with E-state index in [1.54, 1.807) is 0 Å². The average Bonchev–Trinajstić information content (AvgIpc) is 2.26. The smallest absolute Gasteiger partial charge is 0.295 e. The van der Waals surface area contributed by atoms with Gasteiger partial charge >= 0.3 is 0 Å². The molecular formula is C12H21NO4. The lowest BCUT2D eigenvalue weighted by atomic mass is 9.91. The largest absolute Gasteiger partial charge is 0.439 e. The summed E-state index contributed by atoms with van der Waals surface area (Å²) in [7, 11) is 0. The summed E-state index contributed by atoms with van der Waals surface area (Å²) in [6, 6.07) is 0. The number of amides is 1. The molecule has 0 saturated heterocycles. The molecule has 1 aliphatic carbocycles. The van der Waals surface area contributed by atoms with Crippen LogP contribution in [-0.4, -0.2) is 29.3 Å². The first-order valence-corrected chi connectivity index (χ1v) is 5.99. The summed E-state index contributed by atoms with van der Waals surface area (Å²) >= 11 is 0. The average molecular weight is 243 g/mol. The molecule has 0 aromatic rings. The van der Waals surface area contributed by atoms with Gasteiger partial charge < -0.3 is 4.74 Å². The molecule has 0 spiro atoms. The van der Waals surface area contributed by atoms with Crippen molar-refractivity contribution in [2.75, 3.05) is 0 Å². The van der Waals surface area contributed by atoms with Crippen molar-refractivity contribution in [2.45, 2.75) is 64.2 Å². The Bertz CT molecular complexity index is 266. The fourth-order valence-corrected chi connectivity index (χ4v) is 2.08. The Morgan fingerprint density at radius 1 is 1.12 bits per heavy atom. The zero-order valence-electron chi connectivity index (χ0n) is 10.8. The van der Waals surface area contributed by atoms with Crippen LogP contribution in [0.1, 0.15) is 52.9 Å². The minimum absolute atomic E-state index is 0.397. The van der Waals surface area contributed by atoms with Crippen LogP contribution in [0, 0.1) is 0 Å². The number of carbonyl (C=O) groups excluding carboxylic acids is 2. The molecule has 1 aliphatic rings. The van der Waals surface area contributed by atoms with Gasteiger partial charge in [-0.2, -0.15) is 5.06 Å². The van der Waals surface area contributed by atoms with Gasteiger partial charge in [0.1, 0.15) is 0 Å². The first-order valence-electron chi connectivity index (χ1n) is 5.99. The highest BCUT2D eigenvalue weighted by Crippen LogP contribution is 2.35. The predicted molar refractivity (Wildman–Crippen MR) is 61.7 cm³/mol. The van der Waals surface area contributed by atoms with Crippen LogP contribution >= 0.6 is 0 Å². The third-order valence-electron chi connectivity index (χ3n) is 2.77. The van der Waals surface area contributed by atoms with Gasteiger partial charge in [0, 0.05) is 12.8 Å². The second-order valence-corrected chi connectivity index (χ2v) is 5.36. The first kappa shape index (κ1) is 14.0. The van der Waals surface area contributed by atoms with E-state index in [2.05, 4.69) is 0 Å². The molecule has 0 unspecified atom stereocenters. The minimum Gasteiger partial charge on any atom is -0.439 e. The Balaban J connectivity index is 2.85. The Morgan fingerprint density at radius 3 is 2.12 bits per heavy atom. The third kappa shape index (κ3) is 3.70. The van der Waals surface area contributed by atoms with E-state index < -0.39 is 11.3 Å². The second kappa shape index (κ2) is 5.49. The van der Waals surface area contributed by atoms with Gasteiger partial charge in [-0.3, -0.25) is 14.4 Å². The van der Waals surface area contributed by atoms with E-state index in [1.807, 2.05) is 20.8 Å². The molecule has 1 amide bonds. The molecule has 1 rings (SSSR count). The Hall–Kier alpha value is -1.10. The fourth-order valence-electron chi connectivity index (χ4n) is 2.08. The van der Waals surface area contributed by atoms with Gasteiger partial charge in [-0.25, -0.2) is 0 Å². The van der Waals surface area contributed by atoms with Crippen molar-refractivity contribution in [3.63, 3.8) is 0 Å². The van der Waals surface area contributed by atoms with Crippen molar-refractivity contribution in [2.24, 2.45) is 0 Å². The summed E-state index contributed by atoms with van der Waals surface area (Å²) in [5.41, 5.74) is -1.42. The molecule has 1 saturated carbocycles. The molecule has 0 N–H and O–H groups in total. The van der Waals surface area contributed by atoms with E-state index in [0.717, 1.165) is 19.3 Å². The molecule has 0 bridgehead atoms.